The first-order chi connectivity index (χ1) is 20.7. The number of hydrogen-bond donors (Lipinski definition) is 1. The number of aliphatic hydroxyl groups is 1. The molecule has 4 aromatic rings. The number of aliphatic hydroxyl groups excluding tert-OH is 1. The molecule has 0 bridgehead atoms. The maximum absolute atomic E-state index is 14.0. The van der Waals surface area contributed by atoms with Gasteiger partial charge in [0.2, 0.25) is 5.91 Å². The molecular formula is C29H35FN6O6S. The van der Waals surface area contributed by atoms with Crippen molar-refractivity contribution in [3.63, 3.8) is 0 Å². The highest BCUT2D eigenvalue weighted by atomic mass is 32.1. The summed E-state index contributed by atoms with van der Waals surface area (Å²) >= 11 is 1.23. The SMILES string of the molecule is COc1ccc(F)cc1CCn1c(=O)n(C2CCCN(C)C2=O)c(=O)c2c(C)c(-n3nccn3)sc21.OC1CCOCC1. The fourth-order valence-corrected chi connectivity index (χ4v) is 6.68. The van der Waals surface area contributed by atoms with Crippen molar-refractivity contribution in [1.82, 2.24) is 29.0 Å². The second kappa shape index (κ2) is 13.2. The molecule has 1 amide bonds. The number of aromatic nitrogens is 5. The molecule has 0 aliphatic carbocycles. The minimum absolute atomic E-state index is 0.0891. The predicted octanol–water partition coefficient (Wildman–Crippen LogP) is 2.46. The van der Waals surface area contributed by atoms with Gasteiger partial charge in [-0.05, 0) is 62.8 Å². The van der Waals surface area contributed by atoms with Crippen molar-refractivity contribution in [2.75, 3.05) is 33.9 Å². The van der Waals surface area contributed by atoms with E-state index in [1.807, 2.05) is 0 Å². The number of amides is 1. The molecule has 2 aliphatic rings. The molecule has 230 valence electrons. The number of likely N-dealkylation sites (tertiary alicyclic amines) is 1. The minimum Gasteiger partial charge on any atom is -0.496 e. The molecule has 1 atom stereocenters. The summed E-state index contributed by atoms with van der Waals surface area (Å²) in [5, 5.41) is 18.2. The maximum Gasteiger partial charge on any atom is 0.332 e. The lowest BCUT2D eigenvalue weighted by atomic mass is 10.0. The molecule has 2 fully saturated rings. The molecule has 0 radical (unpaired) electrons. The molecule has 1 N–H and O–H groups in total. The molecule has 1 aromatic carbocycles. The molecule has 5 heterocycles. The zero-order chi connectivity index (χ0) is 30.7. The summed E-state index contributed by atoms with van der Waals surface area (Å²) in [6.07, 6.45) is 5.97. The number of halogens is 1. The second-order valence-corrected chi connectivity index (χ2v) is 11.6. The Bertz CT molecular complexity index is 1710. The summed E-state index contributed by atoms with van der Waals surface area (Å²) in [6.45, 7) is 3.98. The summed E-state index contributed by atoms with van der Waals surface area (Å²) in [5.74, 6) is -0.176. The number of piperidine rings is 1. The Balaban J connectivity index is 0.000000463. The third-order valence-electron chi connectivity index (χ3n) is 7.80. The van der Waals surface area contributed by atoms with Crippen LogP contribution in [0.25, 0.3) is 15.2 Å². The van der Waals surface area contributed by atoms with Crippen LogP contribution in [-0.4, -0.2) is 80.1 Å². The number of hydrogen-bond acceptors (Lipinski definition) is 9. The summed E-state index contributed by atoms with van der Waals surface area (Å²) in [5.41, 5.74) is 0.137. The van der Waals surface area contributed by atoms with Gasteiger partial charge in [0.25, 0.3) is 5.56 Å². The third-order valence-corrected chi connectivity index (χ3v) is 9.08. The van der Waals surface area contributed by atoms with Gasteiger partial charge in [0.1, 0.15) is 27.4 Å². The van der Waals surface area contributed by atoms with Crippen LogP contribution in [0.15, 0.2) is 40.2 Å². The van der Waals surface area contributed by atoms with Gasteiger partial charge in [-0.3, -0.25) is 14.2 Å². The van der Waals surface area contributed by atoms with E-state index in [-0.39, 0.29) is 25.0 Å². The number of ether oxygens (including phenoxy) is 2. The Hall–Kier alpha value is -3.88. The molecule has 2 saturated heterocycles. The van der Waals surface area contributed by atoms with E-state index < -0.39 is 23.1 Å². The molecule has 0 spiro atoms. The summed E-state index contributed by atoms with van der Waals surface area (Å²) in [6, 6.07) is 3.34. The van der Waals surface area contributed by atoms with Crippen molar-refractivity contribution < 1.29 is 23.8 Å². The van der Waals surface area contributed by atoms with E-state index in [0.717, 1.165) is 30.6 Å². The van der Waals surface area contributed by atoms with Crippen LogP contribution in [0.2, 0.25) is 0 Å². The molecule has 3 aromatic heterocycles. The Morgan fingerprint density at radius 2 is 1.86 bits per heavy atom. The first kappa shape index (κ1) is 30.6. The van der Waals surface area contributed by atoms with Gasteiger partial charge >= 0.3 is 5.69 Å². The lowest BCUT2D eigenvalue weighted by molar-refractivity contribution is -0.136. The van der Waals surface area contributed by atoms with Crippen LogP contribution in [-0.2, 0) is 22.5 Å². The zero-order valence-corrected chi connectivity index (χ0v) is 25.2. The van der Waals surface area contributed by atoms with Crippen LogP contribution in [0.1, 0.15) is 42.9 Å². The van der Waals surface area contributed by atoms with Crippen LogP contribution in [0.5, 0.6) is 5.75 Å². The Morgan fingerprint density at radius 3 is 2.51 bits per heavy atom. The number of methoxy groups -OCH3 is 1. The maximum atomic E-state index is 14.0. The first-order valence-corrected chi connectivity index (χ1v) is 15.0. The normalized spacial score (nSPS) is 17.7. The van der Waals surface area contributed by atoms with E-state index in [4.69, 9.17) is 14.6 Å². The van der Waals surface area contributed by atoms with E-state index in [1.165, 1.54) is 58.4 Å². The predicted molar refractivity (Wildman–Crippen MR) is 159 cm³/mol. The fraction of sp³-hybridized carbons (Fsp3) is 0.483. The van der Waals surface area contributed by atoms with Crippen molar-refractivity contribution in [3.05, 3.63) is 68.4 Å². The van der Waals surface area contributed by atoms with Crippen molar-refractivity contribution in [1.29, 1.82) is 0 Å². The topological polar surface area (TPSA) is 134 Å². The number of benzene rings is 1. The van der Waals surface area contributed by atoms with Gasteiger partial charge in [-0.15, -0.1) is 4.80 Å². The summed E-state index contributed by atoms with van der Waals surface area (Å²) in [7, 11) is 3.17. The van der Waals surface area contributed by atoms with Crippen LogP contribution in [0.4, 0.5) is 4.39 Å². The lowest BCUT2D eigenvalue weighted by Crippen LogP contribution is -2.49. The van der Waals surface area contributed by atoms with Crippen molar-refractivity contribution in [3.8, 4) is 10.8 Å². The number of thiophene rings is 1. The Labute approximate surface area is 250 Å². The number of likely N-dealkylation sites (N-methyl/N-ethyl adjacent to an activating group) is 1. The Kier molecular flexibility index (Phi) is 9.37. The molecular weight excluding hydrogens is 579 g/mol. The third kappa shape index (κ3) is 6.26. The fourth-order valence-electron chi connectivity index (χ4n) is 5.45. The van der Waals surface area contributed by atoms with Crippen molar-refractivity contribution in [2.45, 2.75) is 57.7 Å². The highest BCUT2D eigenvalue weighted by molar-refractivity contribution is 7.21. The average molecular weight is 615 g/mol. The van der Waals surface area contributed by atoms with Crippen molar-refractivity contribution in [2.24, 2.45) is 0 Å². The number of carbonyl (C=O) groups is 1. The number of fused-ring (bicyclic) bond motifs is 1. The standard InChI is InChI=1S/C24H25FN6O4S.C5H10O2/c1-14-19-21(33)30(17-5-4-11-28(2)20(17)32)24(34)29(23(19)36-22(14)31-26-9-10-27-31)12-8-15-13-16(25)6-7-18(15)35-3;6-5-1-3-7-4-2-5/h6-7,9-10,13,17H,4-5,8,11-12H2,1-3H3;5-6H,1-4H2. The minimum atomic E-state index is -0.881. The van der Waals surface area contributed by atoms with Gasteiger partial charge in [-0.2, -0.15) is 10.2 Å². The number of rotatable bonds is 6. The van der Waals surface area contributed by atoms with Gasteiger partial charge in [-0.1, -0.05) is 11.3 Å². The summed E-state index contributed by atoms with van der Waals surface area (Å²) < 4.78 is 26.9. The highest BCUT2D eigenvalue weighted by Crippen LogP contribution is 2.31. The van der Waals surface area contributed by atoms with E-state index in [0.29, 0.717) is 51.5 Å². The van der Waals surface area contributed by atoms with Gasteiger partial charge in [0, 0.05) is 38.9 Å². The quantitative estimate of drug-likeness (QED) is 0.350. The molecule has 0 saturated carbocycles. The van der Waals surface area contributed by atoms with Gasteiger partial charge in [0.05, 0.1) is 31.0 Å². The van der Waals surface area contributed by atoms with Crippen LogP contribution >= 0.6 is 11.3 Å². The van der Waals surface area contributed by atoms with Gasteiger partial charge < -0.3 is 19.5 Å². The monoisotopic (exact) mass is 614 g/mol. The lowest BCUT2D eigenvalue weighted by Gasteiger charge is -2.30. The van der Waals surface area contributed by atoms with Gasteiger partial charge in [0.15, 0.2) is 0 Å². The number of nitrogens with zero attached hydrogens (tertiary/aromatic N) is 6. The Morgan fingerprint density at radius 1 is 1.14 bits per heavy atom. The van der Waals surface area contributed by atoms with E-state index >= 15 is 0 Å². The smallest absolute Gasteiger partial charge is 0.332 e. The van der Waals surface area contributed by atoms with Crippen LogP contribution in [0.3, 0.4) is 0 Å². The molecule has 1 unspecified atom stereocenters. The molecule has 2 aliphatic heterocycles. The molecule has 12 nitrogen and oxygen atoms in total. The van der Waals surface area contributed by atoms with E-state index in [2.05, 4.69) is 10.2 Å². The van der Waals surface area contributed by atoms with Crippen LogP contribution in [0, 0.1) is 12.7 Å². The van der Waals surface area contributed by atoms with Crippen molar-refractivity contribution >= 4 is 27.5 Å². The first-order valence-electron chi connectivity index (χ1n) is 14.2. The largest absolute Gasteiger partial charge is 0.496 e. The zero-order valence-electron chi connectivity index (χ0n) is 24.4. The van der Waals surface area contributed by atoms with Crippen LogP contribution < -0.4 is 16.0 Å². The van der Waals surface area contributed by atoms with E-state index in [9.17, 15) is 18.8 Å². The second-order valence-electron chi connectivity index (χ2n) is 10.6. The molecule has 6 rings (SSSR count). The summed E-state index contributed by atoms with van der Waals surface area (Å²) in [4.78, 5) is 44.0. The number of carbonyl (C=O) groups excluding carboxylic acids is 1. The molecule has 43 heavy (non-hydrogen) atoms. The highest BCUT2D eigenvalue weighted by Gasteiger charge is 2.33. The number of aryl methyl sites for hydroxylation is 3. The molecule has 14 heteroatoms. The van der Waals surface area contributed by atoms with E-state index in [1.54, 1.807) is 18.9 Å². The average Bonchev–Trinajstić information content (AvgIpc) is 3.64. The van der Waals surface area contributed by atoms with Gasteiger partial charge in [-0.25, -0.2) is 13.8 Å².